The van der Waals surface area contributed by atoms with E-state index >= 15 is 0 Å². The number of piperazine rings is 1. The number of nitrogens with zero attached hydrogens (tertiary/aromatic N) is 3. The van der Waals surface area contributed by atoms with Gasteiger partial charge in [0.2, 0.25) is 0 Å². The van der Waals surface area contributed by atoms with E-state index in [2.05, 4.69) is 41.3 Å². The molecule has 0 radical (unpaired) electrons. The second-order valence-electron chi connectivity index (χ2n) is 8.50. The van der Waals surface area contributed by atoms with Gasteiger partial charge in [-0.1, -0.05) is 45.4 Å². The molecule has 5 nitrogen and oxygen atoms in total. The minimum absolute atomic E-state index is 0.608. The van der Waals surface area contributed by atoms with Crippen molar-refractivity contribution >= 4 is 5.96 Å². The zero-order valence-corrected chi connectivity index (χ0v) is 17.6. The number of guanidine groups is 1. The quantitative estimate of drug-likeness (QED) is 0.355. The maximum atomic E-state index is 4.83. The SMILES string of the molecule is CCNC(=NCC(C)CN1CCN(C)CC1)NCCCCC1CCCC1. The maximum absolute atomic E-state index is 4.83. The summed E-state index contributed by atoms with van der Waals surface area (Å²) in [6, 6.07) is 0. The van der Waals surface area contributed by atoms with E-state index in [0.29, 0.717) is 5.92 Å². The number of hydrogen-bond donors (Lipinski definition) is 2. The van der Waals surface area contributed by atoms with Crippen molar-refractivity contribution in [3.8, 4) is 0 Å². The molecule has 2 aliphatic rings. The standard InChI is InChI=1S/C21H43N5/c1-4-22-21(23-12-8-7-11-20-9-5-6-10-20)24-17-19(2)18-26-15-13-25(3)14-16-26/h19-20H,4-18H2,1-3H3,(H2,22,23,24). The molecule has 2 fully saturated rings. The third-order valence-electron chi connectivity index (χ3n) is 5.88. The number of aliphatic imine (C=N–C) groups is 1. The normalized spacial score (nSPS) is 21.9. The summed E-state index contributed by atoms with van der Waals surface area (Å²) in [5, 5.41) is 6.93. The largest absolute Gasteiger partial charge is 0.357 e. The van der Waals surface area contributed by atoms with Gasteiger partial charge in [0, 0.05) is 52.4 Å². The molecule has 1 atom stereocenters. The highest BCUT2D eigenvalue weighted by molar-refractivity contribution is 5.79. The smallest absolute Gasteiger partial charge is 0.191 e. The van der Waals surface area contributed by atoms with Gasteiger partial charge in [0.05, 0.1) is 0 Å². The van der Waals surface area contributed by atoms with E-state index < -0.39 is 0 Å². The highest BCUT2D eigenvalue weighted by Crippen LogP contribution is 2.28. The Morgan fingerprint density at radius 2 is 1.81 bits per heavy atom. The Bertz CT molecular complexity index is 384. The molecule has 1 saturated carbocycles. The zero-order chi connectivity index (χ0) is 18.6. The molecule has 1 heterocycles. The molecule has 5 heteroatoms. The molecule has 1 aliphatic heterocycles. The Hall–Kier alpha value is -0.810. The molecule has 1 saturated heterocycles. The zero-order valence-electron chi connectivity index (χ0n) is 17.6. The summed E-state index contributed by atoms with van der Waals surface area (Å²) in [5.41, 5.74) is 0. The highest BCUT2D eigenvalue weighted by Gasteiger charge is 2.16. The van der Waals surface area contributed by atoms with Gasteiger partial charge in [-0.05, 0) is 32.2 Å². The number of unbranched alkanes of at least 4 members (excludes halogenated alkanes) is 1. The molecule has 0 aromatic carbocycles. The van der Waals surface area contributed by atoms with Crippen LogP contribution in [0.2, 0.25) is 0 Å². The van der Waals surface area contributed by atoms with Crippen LogP contribution in [0.5, 0.6) is 0 Å². The number of rotatable bonds is 10. The van der Waals surface area contributed by atoms with Crippen molar-refractivity contribution in [2.45, 2.75) is 58.8 Å². The van der Waals surface area contributed by atoms with Crippen LogP contribution in [0.25, 0.3) is 0 Å². The summed E-state index contributed by atoms with van der Waals surface area (Å²) >= 11 is 0. The lowest BCUT2D eigenvalue weighted by Gasteiger charge is -2.33. The second-order valence-corrected chi connectivity index (χ2v) is 8.50. The fourth-order valence-corrected chi connectivity index (χ4v) is 4.18. The first-order valence-corrected chi connectivity index (χ1v) is 11.1. The summed E-state index contributed by atoms with van der Waals surface area (Å²) in [5.74, 6) is 2.63. The van der Waals surface area contributed by atoms with Gasteiger partial charge in [0.1, 0.15) is 0 Å². The van der Waals surface area contributed by atoms with Crippen LogP contribution in [0.4, 0.5) is 0 Å². The molecule has 0 bridgehead atoms. The Labute approximate surface area is 162 Å². The first-order chi connectivity index (χ1) is 12.7. The fourth-order valence-electron chi connectivity index (χ4n) is 4.18. The van der Waals surface area contributed by atoms with Crippen LogP contribution in [0.3, 0.4) is 0 Å². The summed E-state index contributed by atoms with van der Waals surface area (Å²) in [7, 11) is 2.22. The van der Waals surface area contributed by atoms with Gasteiger partial charge in [-0.3, -0.25) is 4.99 Å². The maximum Gasteiger partial charge on any atom is 0.191 e. The highest BCUT2D eigenvalue weighted by atomic mass is 15.2. The molecule has 2 N–H and O–H groups in total. The van der Waals surface area contributed by atoms with E-state index in [9.17, 15) is 0 Å². The number of likely N-dealkylation sites (N-methyl/N-ethyl adjacent to an activating group) is 1. The lowest BCUT2D eigenvalue weighted by molar-refractivity contribution is 0.140. The molecule has 1 aliphatic carbocycles. The molecule has 0 spiro atoms. The third kappa shape index (κ3) is 8.72. The lowest BCUT2D eigenvalue weighted by Crippen LogP contribution is -2.46. The average molecular weight is 366 g/mol. The molecule has 0 amide bonds. The first-order valence-electron chi connectivity index (χ1n) is 11.1. The van der Waals surface area contributed by atoms with Crippen molar-refractivity contribution in [1.82, 2.24) is 20.4 Å². The van der Waals surface area contributed by atoms with Crippen LogP contribution in [-0.2, 0) is 0 Å². The Balaban J connectivity index is 1.59. The van der Waals surface area contributed by atoms with Crippen molar-refractivity contribution in [1.29, 1.82) is 0 Å². The van der Waals surface area contributed by atoms with Crippen molar-refractivity contribution in [3.05, 3.63) is 0 Å². The van der Waals surface area contributed by atoms with Crippen LogP contribution in [-0.4, -0.2) is 75.2 Å². The first kappa shape index (κ1) is 21.5. The van der Waals surface area contributed by atoms with Gasteiger partial charge < -0.3 is 20.4 Å². The summed E-state index contributed by atoms with van der Waals surface area (Å²) in [6.45, 7) is 13.3. The van der Waals surface area contributed by atoms with Gasteiger partial charge in [0.15, 0.2) is 5.96 Å². The van der Waals surface area contributed by atoms with E-state index in [0.717, 1.165) is 38.1 Å². The third-order valence-corrected chi connectivity index (χ3v) is 5.88. The van der Waals surface area contributed by atoms with E-state index in [4.69, 9.17) is 4.99 Å². The van der Waals surface area contributed by atoms with E-state index in [1.54, 1.807) is 0 Å². The molecular formula is C21H43N5. The van der Waals surface area contributed by atoms with Crippen LogP contribution in [0.15, 0.2) is 4.99 Å². The predicted octanol–water partition coefficient (Wildman–Crippen LogP) is 2.79. The minimum Gasteiger partial charge on any atom is -0.357 e. The summed E-state index contributed by atoms with van der Waals surface area (Å²) in [6.07, 6.45) is 9.93. The number of hydrogen-bond acceptors (Lipinski definition) is 3. The minimum atomic E-state index is 0.608. The summed E-state index contributed by atoms with van der Waals surface area (Å²) < 4.78 is 0. The second kappa shape index (κ2) is 12.6. The topological polar surface area (TPSA) is 42.9 Å². The number of nitrogens with one attached hydrogen (secondary N) is 2. The van der Waals surface area contributed by atoms with E-state index in [1.807, 2.05) is 0 Å². The average Bonchev–Trinajstić information content (AvgIpc) is 3.15. The van der Waals surface area contributed by atoms with E-state index in [-0.39, 0.29) is 0 Å². The van der Waals surface area contributed by atoms with Gasteiger partial charge >= 0.3 is 0 Å². The van der Waals surface area contributed by atoms with Gasteiger partial charge in [-0.15, -0.1) is 0 Å². The molecule has 1 unspecified atom stereocenters. The predicted molar refractivity (Wildman–Crippen MR) is 113 cm³/mol. The van der Waals surface area contributed by atoms with Crippen LogP contribution >= 0.6 is 0 Å². The Kier molecular flexibility index (Phi) is 10.4. The van der Waals surface area contributed by atoms with Crippen molar-refractivity contribution in [2.24, 2.45) is 16.8 Å². The van der Waals surface area contributed by atoms with Gasteiger partial charge in [-0.2, -0.15) is 0 Å². The van der Waals surface area contributed by atoms with Crippen LogP contribution in [0, 0.1) is 11.8 Å². The lowest BCUT2D eigenvalue weighted by atomic mass is 10.0. The fraction of sp³-hybridized carbons (Fsp3) is 0.952. The molecule has 152 valence electrons. The van der Waals surface area contributed by atoms with Gasteiger partial charge in [-0.25, -0.2) is 0 Å². The van der Waals surface area contributed by atoms with Crippen molar-refractivity contribution in [3.63, 3.8) is 0 Å². The van der Waals surface area contributed by atoms with E-state index in [1.165, 1.54) is 71.1 Å². The van der Waals surface area contributed by atoms with Crippen molar-refractivity contribution in [2.75, 3.05) is 59.4 Å². The molecule has 0 aromatic heterocycles. The van der Waals surface area contributed by atoms with Gasteiger partial charge in [0.25, 0.3) is 0 Å². The monoisotopic (exact) mass is 365 g/mol. The summed E-state index contributed by atoms with van der Waals surface area (Å²) in [4.78, 5) is 9.83. The molecule has 26 heavy (non-hydrogen) atoms. The molecule has 2 rings (SSSR count). The Morgan fingerprint density at radius 3 is 2.50 bits per heavy atom. The Morgan fingerprint density at radius 1 is 1.08 bits per heavy atom. The van der Waals surface area contributed by atoms with Crippen molar-refractivity contribution < 1.29 is 0 Å². The van der Waals surface area contributed by atoms with Crippen LogP contribution < -0.4 is 10.6 Å². The van der Waals surface area contributed by atoms with Crippen LogP contribution in [0.1, 0.15) is 58.8 Å². The molecular weight excluding hydrogens is 322 g/mol. The molecule has 0 aromatic rings.